The van der Waals surface area contributed by atoms with Gasteiger partial charge in [-0.15, -0.1) is 0 Å². The molecule has 0 saturated carbocycles. The Labute approximate surface area is 189 Å². The highest BCUT2D eigenvalue weighted by Gasteiger charge is 2.26. The van der Waals surface area contributed by atoms with Crippen molar-refractivity contribution >= 4 is 23.2 Å². The number of halogens is 1. The van der Waals surface area contributed by atoms with E-state index in [0.717, 1.165) is 55.1 Å². The van der Waals surface area contributed by atoms with Gasteiger partial charge in [-0.1, -0.05) is 11.6 Å². The molecule has 7 heteroatoms. The van der Waals surface area contributed by atoms with Crippen molar-refractivity contribution in [3.8, 4) is 0 Å². The first-order chi connectivity index (χ1) is 14.7. The molecule has 0 radical (unpaired) electrons. The molecule has 1 saturated heterocycles. The van der Waals surface area contributed by atoms with Crippen LogP contribution in [0.5, 0.6) is 0 Å². The number of anilines is 1. The predicted molar refractivity (Wildman–Crippen MR) is 125 cm³/mol. The van der Waals surface area contributed by atoms with E-state index >= 15 is 0 Å². The first-order valence-corrected chi connectivity index (χ1v) is 11.2. The number of carbonyl (C=O) groups is 1. The lowest BCUT2D eigenvalue weighted by Gasteiger charge is -2.36. The molecule has 1 aliphatic heterocycles. The van der Waals surface area contributed by atoms with E-state index in [4.69, 9.17) is 16.3 Å². The minimum atomic E-state index is -0.188. The summed E-state index contributed by atoms with van der Waals surface area (Å²) in [5.41, 5.74) is 4.49. The number of ether oxygens (including phenoxy) is 1. The highest BCUT2D eigenvalue weighted by molar-refractivity contribution is 6.34. The molecule has 1 aromatic heterocycles. The number of rotatable bonds is 6. The van der Waals surface area contributed by atoms with E-state index in [9.17, 15) is 9.59 Å². The molecule has 1 fully saturated rings. The molecule has 168 valence electrons. The van der Waals surface area contributed by atoms with Crippen LogP contribution in [-0.4, -0.2) is 48.6 Å². The van der Waals surface area contributed by atoms with Gasteiger partial charge in [0.1, 0.15) is 0 Å². The Kier molecular flexibility index (Phi) is 7.44. The molecule has 1 aromatic carbocycles. The summed E-state index contributed by atoms with van der Waals surface area (Å²) in [7, 11) is 1.71. The minimum Gasteiger partial charge on any atom is -0.381 e. The molecular weight excluding hydrogens is 414 g/mol. The van der Waals surface area contributed by atoms with Gasteiger partial charge >= 0.3 is 0 Å². The van der Waals surface area contributed by atoms with Crippen LogP contribution in [0.1, 0.15) is 52.5 Å². The van der Waals surface area contributed by atoms with Crippen LogP contribution in [0.4, 0.5) is 5.69 Å². The van der Waals surface area contributed by atoms with Gasteiger partial charge in [0.05, 0.1) is 17.1 Å². The van der Waals surface area contributed by atoms with E-state index in [-0.39, 0.29) is 18.0 Å². The third kappa shape index (κ3) is 4.96. The van der Waals surface area contributed by atoms with Gasteiger partial charge < -0.3 is 19.5 Å². The summed E-state index contributed by atoms with van der Waals surface area (Å²) in [6, 6.07) is 6.10. The third-order valence-corrected chi connectivity index (χ3v) is 6.43. The Bertz CT molecular complexity index is 1010. The summed E-state index contributed by atoms with van der Waals surface area (Å²) in [6.45, 7) is 10.4. The fraction of sp³-hybridized carbons (Fsp3) is 0.500. The third-order valence-electron chi connectivity index (χ3n) is 6.12. The topological polar surface area (TPSA) is 65.6 Å². The minimum absolute atomic E-state index is 0.162. The second kappa shape index (κ2) is 9.88. The summed E-state index contributed by atoms with van der Waals surface area (Å²) < 4.78 is 5.52. The van der Waals surface area contributed by atoms with Gasteiger partial charge in [-0.05, 0) is 69.9 Å². The van der Waals surface area contributed by atoms with E-state index in [0.29, 0.717) is 22.2 Å². The summed E-state index contributed by atoms with van der Waals surface area (Å²) in [5.74, 6) is -0.188. The Morgan fingerprint density at radius 1 is 1.23 bits per heavy atom. The number of nitrogens with one attached hydrogen (secondary N) is 1. The van der Waals surface area contributed by atoms with Crippen molar-refractivity contribution in [2.75, 3.05) is 31.7 Å². The molecule has 1 amide bonds. The summed E-state index contributed by atoms with van der Waals surface area (Å²) in [5, 5.41) is 0.427. The second-order valence-corrected chi connectivity index (χ2v) is 8.71. The summed E-state index contributed by atoms with van der Waals surface area (Å²) in [6.07, 6.45) is 1.93. The molecule has 0 unspecified atom stereocenters. The Morgan fingerprint density at radius 2 is 1.90 bits per heavy atom. The first-order valence-electron chi connectivity index (χ1n) is 10.8. The molecule has 1 N–H and O–H groups in total. The molecule has 2 heterocycles. The largest absolute Gasteiger partial charge is 0.381 e. The molecule has 6 nitrogen and oxygen atoms in total. The van der Waals surface area contributed by atoms with E-state index in [1.54, 1.807) is 18.0 Å². The number of aromatic nitrogens is 1. The SMILES string of the molecule is CCN(c1ccc(Cl)c(C(=O)N(C)Cc2c(C)cc(C)[nH]c2=O)c1C)C1CCOCC1. The number of hydrogen-bond acceptors (Lipinski definition) is 4. The van der Waals surface area contributed by atoms with Crippen molar-refractivity contribution in [1.82, 2.24) is 9.88 Å². The standard InChI is InChI=1S/C24H32ClN3O3/c1-6-28(18-9-11-31-12-10-18)21-8-7-20(25)22(17(21)4)24(30)27(5)14-19-15(2)13-16(3)26-23(19)29/h7-8,13,18H,6,9-12,14H2,1-5H3,(H,26,29). The highest BCUT2D eigenvalue weighted by Crippen LogP contribution is 2.33. The molecule has 2 aromatic rings. The molecular formula is C24H32ClN3O3. The van der Waals surface area contributed by atoms with Crippen molar-refractivity contribution in [2.45, 2.75) is 53.1 Å². The van der Waals surface area contributed by atoms with Crippen LogP contribution in [0, 0.1) is 20.8 Å². The van der Waals surface area contributed by atoms with Crippen molar-refractivity contribution in [1.29, 1.82) is 0 Å². The Balaban J connectivity index is 1.92. The van der Waals surface area contributed by atoms with Crippen molar-refractivity contribution in [3.63, 3.8) is 0 Å². The summed E-state index contributed by atoms with van der Waals surface area (Å²) in [4.78, 5) is 32.6. The van der Waals surface area contributed by atoms with E-state index in [2.05, 4.69) is 16.8 Å². The number of carbonyl (C=O) groups excluding carboxylic acids is 1. The fourth-order valence-corrected chi connectivity index (χ4v) is 4.73. The maximum atomic E-state index is 13.4. The molecule has 31 heavy (non-hydrogen) atoms. The van der Waals surface area contributed by atoms with Crippen LogP contribution in [0.2, 0.25) is 5.02 Å². The molecule has 1 aliphatic rings. The zero-order valence-corrected chi connectivity index (χ0v) is 19.8. The van der Waals surface area contributed by atoms with Gasteiger partial charge in [0.15, 0.2) is 0 Å². The maximum absolute atomic E-state index is 13.4. The first kappa shape index (κ1) is 23.4. The zero-order valence-electron chi connectivity index (χ0n) is 19.0. The van der Waals surface area contributed by atoms with Crippen LogP contribution in [0.3, 0.4) is 0 Å². The van der Waals surface area contributed by atoms with Gasteiger partial charge in [-0.2, -0.15) is 0 Å². The lowest BCUT2D eigenvalue weighted by atomic mass is 10.0. The van der Waals surface area contributed by atoms with Crippen molar-refractivity contribution < 1.29 is 9.53 Å². The fourth-order valence-electron chi connectivity index (χ4n) is 4.44. The average Bonchev–Trinajstić information content (AvgIpc) is 2.73. The number of benzene rings is 1. The van der Waals surface area contributed by atoms with Crippen molar-refractivity contribution in [3.05, 3.63) is 61.5 Å². The van der Waals surface area contributed by atoms with Crippen LogP contribution in [0.15, 0.2) is 23.0 Å². The average molecular weight is 446 g/mol. The predicted octanol–water partition coefficient (Wildman–Crippen LogP) is 4.23. The van der Waals surface area contributed by atoms with Crippen LogP contribution < -0.4 is 10.5 Å². The van der Waals surface area contributed by atoms with Gasteiger partial charge in [0.25, 0.3) is 11.5 Å². The van der Waals surface area contributed by atoms with Crippen molar-refractivity contribution in [2.24, 2.45) is 0 Å². The van der Waals surface area contributed by atoms with Crippen LogP contribution in [-0.2, 0) is 11.3 Å². The second-order valence-electron chi connectivity index (χ2n) is 8.30. The van der Waals surface area contributed by atoms with Gasteiger partial charge in [0, 0.05) is 49.8 Å². The zero-order chi connectivity index (χ0) is 22.7. The van der Waals surface area contributed by atoms with Gasteiger partial charge in [-0.25, -0.2) is 0 Å². The van der Waals surface area contributed by atoms with Gasteiger partial charge in [-0.3, -0.25) is 9.59 Å². The Morgan fingerprint density at radius 3 is 2.52 bits per heavy atom. The number of pyridine rings is 1. The van der Waals surface area contributed by atoms with E-state index < -0.39 is 0 Å². The number of aromatic amines is 1. The normalized spacial score (nSPS) is 14.5. The molecule has 0 bridgehead atoms. The smallest absolute Gasteiger partial charge is 0.255 e. The lowest BCUT2D eigenvalue weighted by molar-refractivity contribution is 0.0783. The lowest BCUT2D eigenvalue weighted by Crippen LogP contribution is -2.40. The van der Waals surface area contributed by atoms with E-state index in [1.807, 2.05) is 32.9 Å². The summed E-state index contributed by atoms with van der Waals surface area (Å²) >= 11 is 6.51. The highest BCUT2D eigenvalue weighted by atomic mass is 35.5. The maximum Gasteiger partial charge on any atom is 0.255 e. The molecule has 0 spiro atoms. The monoisotopic (exact) mass is 445 g/mol. The van der Waals surface area contributed by atoms with Gasteiger partial charge in [0.2, 0.25) is 0 Å². The van der Waals surface area contributed by atoms with Crippen LogP contribution in [0.25, 0.3) is 0 Å². The molecule has 3 rings (SSSR count). The molecule has 0 aliphatic carbocycles. The molecule has 0 atom stereocenters. The quantitative estimate of drug-likeness (QED) is 0.722. The number of aryl methyl sites for hydroxylation is 2. The Hall–Kier alpha value is -2.31. The number of hydrogen-bond donors (Lipinski definition) is 1. The van der Waals surface area contributed by atoms with Crippen LogP contribution >= 0.6 is 11.6 Å². The van der Waals surface area contributed by atoms with E-state index in [1.165, 1.54) is 0 Å². The number of amides is 1. The number of H-pyrrole nitrogens is 1. The number of nitrogens with zero attached hydrogens (tertiary/aromatic N) is 2.